The zero-order chi connectivity index (χ0) is 12.3. The highest BCUT2D eigenvalue weighted by Gasteiger charge is 2.19. The summed E-state index contributed by atoms with van der Waals surface area (Å²) in [7, 11) is -3.62. The molecule has 0 aliphatic heterocycles. The van der Waals surface area contributed by atoms with Crippen molar-refractivity contribution in [2.24, 2.45) is 5.73 Å². The number of anilines is 1. The van der Waals surface area contributed by atoms with Gasteiger partial charge in [-0.25, -0.2) is 8.42 Å². The Labute approximate surface area is 98.3 Å². The maximum absolute atomic E-state index is 11.8. The number of hydrogen-bond acceptors (Lipinski definition) is 4. The average molecular weight is 263 g/mol. The first-order valence-corrected chi connectivity index (χ1v) is 6.42. The maximum Gasteiger partial charge on any atom is 0.218 e. The smallest absolute Gasteiger partial charge is 0.218 e. The first-order chi connectivity index (χ1) is 7.33. The van der Waals surface area contributed by atoms with Crippen LogP contribution in [0.25, 0.3) is 0 Å². The molecule has 0 spiro atoms. The monoisotopic (exact) mass is 262 g/mol. The molecule has 0 unspecified atom stereocenters. The molecule has 1 aromatic carbocycles. The third-order valence-corrected chi connectivity index (χ3v) is 4.10. The van der Waals surface area contributed by atoms with Gasteiger partial charge in [-0.2, -0.15) is 0 Å². The molecule has 0 bridgehead atoms. The summed E-state index contributed by atoms with van der Waals surface area (Å²) in [4.78, 5) is 10.5. The molecule has 0 aliphatic carbocycles. The Kier molecular flexibility index (Phi) is 3.77. The van der Waals surface area contributed by atoms with Crippen LogP contribution in [-0.2, 0) is 14.6 Å². The van der Waals surface area contributed by atoms with Gasteiger partial charge in [0.2, 0.25) is 5.91 Å². The van der Waals surface area contributed by atoms with Gasteiger partial charge in [0.15, 0.2) is 9.84 Å². The SMILES string of the molecule is NC(=O)CCS(=O)(=O)c1cc(N)ccc1Cl. The number of carbonyl (C=O) groups is 1. The van der Waals surface area contributed by atoms with Crippen LogP contribution in [-0.4, -0.2) is 20.1 Å². The molecule has 0 aliphatic rings. The molecule has 1 rings (SSSR count). The molecule has 0 heterocycles. The lowest BCUT2D eigenvalue weighted by Crippen LogP contribution is -2.17. The minimum Gasteiger partial charge on any atom is -0.399 e. The van der Waals surface area contributed by atoms with Crippen LogP contribution in [0, 0.1) is 0 Å². The van der Waals surface area contributed by atoms with Crippen LogP contribution in [0.1, 0.15) is 6.42 Å². The van der Waals surface area contributed by atoms with Crippen LogP contribution < -0.4 is 11.5 Å². The molecule has 0 radical (unpaired) electrons. The second kappa shape index (κ2) is 4.71. The van der Waals surface area contributed by atoms with E-state index in [-0.39, 0.29) is 22.1 Å². The van der Waals surface area contributed by atoms with Gasteiger partial charge in [0.05, 0.1) is 15.7 Å². The Morgan fingerprint density at radius 2 is 2.00 bits per heavy atom. The molecular formula is C9H11ClN2O3S. The van der Waals surface area contributed by atoms with E-state index in [1.807, 2.05) is 0 Å². The van der Waals surface area contributed by atoms with Crippen molar-refractivity contribution in [1.82, 2.24) is 0 Å². The van der Waals surface area contributed by atoms with Crippen molar-refractivity contribution in [3.8, 4) is 0 Å². The second-order valence-electron chi connectivity index (χ2n) is 3.23. The number of rotatable bonds is 4. The number of carbonyl (C=O) groups excluding carboxylic acids is 1. The number of nitrogen functional groups attached to an aromatic ring is 1. The van der Waals surface area contributed by atoms with Crippen LogP contribution in [0.2, 0.25) is 5.02 Å². The summed E-state index contributed by atoms with van der Waals surface area (Å²) in [6, 6.07) is 4.15. The number of sulfone groups is 1. The van der Waals surface area contributed by atoms with Crippen molar-refractivity contribution < 1.29 is 13.2 Å². The van der Waals surface area contributed by atoms with E-state index in [1.54, 1.807) is 0 Å². The van der Waals surface area contributed by atoms with E-state index in [1.165, 1.54) is 18.2 Å². The van der Waals surface area contributed by atoms with Gasteiger partial charge in [-0.05, 0) is 18.2 Å². The Morgan fingerprint density at radius 3 is 2.56 bits per heavy atom. The quantitative estimate of drug-likeness (QED) is 0.774. The van der Waals surface area contributed by atoms with E-state index in [9.17, 15) is 13.2 Å². The van der Waals surface area contributed by atoms with Crippen molar-refractivity contribution in [3.63, 3.8) is 0 Å². The second-order valence-corrected chi connectivity index (χ2v) is 5.71. The van der Waals surface area contributed by atoms with E-state index in [4.69, 9.17) is 23.1 Å². The van der Waals surface area contributed by atoms with E-state index in [2.05, 4.69) is 0 Å². The summed E-state index contributed by atoms with van der Waals surface area (Å²) in [6.07, 6.45) is -0.243. The molecule has 0 fully saturated rings. The molecular weight excluding hydrogens is 252 g/mol. The van der Waals surface area contributed by atoms with Crippen LogP contribution in [0.3, 0.4) is 0 Å². The van der Waals surface area contributed by atoms with E-state index in [0.717, 1.165) is 0 Å². The Balaban J connectivity index is 3.07. The molecule has 0 aromatic heterocycles. The number of amides is 1. The summed E-state index contributed by atoms with van der Waals surface area (Å²) >= 11 is 5.75. The summed E-state index contributed by atoms with van der Waals surface area (Å²) in [5.41, 5.74) is 10.6. The fraction of sp³-hybridized carbons (Fsp3) is 0.222. The predicted molar refractivity (Wildman–Crippen MR) is 61.7 cm³/mol. The Hall–Kier alpha value is -1.27. The van der Waals surface area contributed by atoms with Gasteiger partial charge in [-0.1, -0.05) is 11.6 Å². The van der Waals surface area contributed by atoms with Crippen LogP contribution in [0.4, 0.5) is 5.69 Å². The average Bonchev–Trinajstić information content (AvgIpc) is 2.19. The van der Waals surface area contributed by atoms with Gasteiger partial charge < -0.3 is 11.5 Å². The fourth-order valence-electron chi connectivity index (χ4n) is 1.10. The topological polar surface area (TPSA) is 103 Å². The van der Waals surface area contributed by atoms with Gasteiger partial charge in [-0.15, -0.1) is 0 Å². The number of halogens is 1. The molecule has 0 saturated carbocycles. The minimum atomic E-state index is -3.62. The highest BCUT2D eigenvalue weighted by Crippen LogP contribution is 2.24. The third-order valence-electron chi connectivity index (χ3n) is 1.91. The summed E-state index contributed by atoms with van der Waals surface area (Å²) in [5.74, 6) is -1.05. The normalized spacial score (nSPS) is 11.3. The number of benzene rings is 1. The van der Waals surface area contributed by atoms with Gasteiger partial charge >= 0.3 is 0 Å². The minimum absolute atomic E-state index is 0.0737. The molecule has 16 heavy (non-hydrogen) atoms. The standard InChI is InChI=1S/C9H11ClN2O3S/c10-7-2-1-6(11)5-8(7)16(14,15)4-3-9(12)13/h1-2,5H,3-4,11H2,(H2,12,13). The highest BCUT2D eigenvalue weighted by atomic mass is 35.5. The van der Waals surface area contributed by atoms with Gasteiger partial charge in [0.1, 0.15) is 0 Å². The number of hydrogen-bond donors (Lipinski definition) is 2. The highest BCUT2D eigenvalue weighted by molar-refractivity contribution is 7.91. The lowest BCUT2D eigenvalue weighted by Gasteiger charge is -2.06. The lowest BCUT2D eigenvalue weighted by atomic mass is 10.3. The van der Waals surface area contributed by atoms with Crippen molar-refractivity contribution in [2.75, 3.05) is 11.5 Å². The molecule has 88 valence electrons. The molecule has 0 saturated heterocycles. The van der Waals surface area contributed by atoms with E-state index < -0.39 is 15.7 Å². The first-order valence-electron chi connectivity index (χ1n) is 4.39. The molecule has 0 atom stereocenters. The molecule has 5 nitrogen and oxygen atoms in total. The Bertz CT molecular complexity index is 513. The lowest BCUT2D eigenvalue weighted by molar-refractivity contribution is -0.117. The third kappa shape index (κ3) is 3.11. The van der Waals surface area contributed by atoms with Crippen molar-refractivity contribution in [1.29, 1.82) is 0 Å². The number of primary amides is 1. The summed E-state index contributed by atoms with van der Waals surface area (Å²) < 4.78 is 23.5. The summed E-state index contributed by atoms with van der Waals surface area (Å²) in [5, 5.41) is 0.0821. The van der Waals surface area contributed by atoms with Crippen LogP contribution in [0.15, 0.2) is 23.1 Å². The maximum atomic E-state index is 11.8. The summed E-state index contributed by atoms with van der Waals surface area (Å²) in [6.45, 7) is 0. The molecule has 4 N–H and O–H groups in total. The van der Waals surface area contributed by atoms with E-state index in [0.29, 0.717) is 5.69 Å². The van der Waals surface area contributed by atoms with Crippen LogP contribution in [0.5, 0.6) is 0 Å². The van der Waals surface area contributed by atoms with Gasteiger partial charge in [0, 0.05) is 12.1 Å². The molecule has 1 aromatic rings. The van der Waals surface area contributed by atoms with Gasteiger partial charge in [0.25, 0.3) is 0 Å². The first kappa shape index (κ1) is 12.8. The number of nitrogens with two attached hydrogens (primary N) is 2. The van der Waals surface area contributed by atoms with Crippen molar-refractivity contribution in [2.45, 2.75) is 11.3 Å². The largest absolute Gasteiger partial charge is 0.399 e. The Morgan fingerprint density at radius 1 is 1.38 bits per heavy atom. The zero-order valence-corrected chi connectivity index (χ0v) is 9.88. The van der Waals surface area contributed by atoms with Gasteiger partial charge in [-0.3, -0.25) is 4.79 Å². The predicted octanol–water partition coefficient (Wildman–Crippen LogP) is 0.571. The van der Waals surface area contributed by atoms with E-state index >= 15 is 0 Å². The zero-order valence-electron chi connectivity index (χ0n) is 8.31. The molecule has 1 amide bonds. The van der Waals surface area contributed by atoms with Crippen molar-refractivity contribution >= 4 is 33.0 Å². The van der Waals surface area contributed by atoms with Crippen molar-refractivity contribution in [3.05, 3.63) is 23.2 Å². The molecule has 7 heteroatoms. The van der Waals surface area contributed by atoms with Crippen LogP contribution >= 0.6 is 11.6 Å². The fourth-order valence-corrected chi connectivity index (χ4v) is 2.94.